The van der Waals surface area contributed by atoms with E-state index in [0.717, 1.165) is 17.1 Å². The number of nitrogens with one attached hydrogen (secondary N) is 1. The van der Waals surface area contributed by atoms with Crippen molar-refractivity contribution >= 4 is 5.91 Å². The van der Waals surface area contributed by atoms with Gasteiger partial charge in [-0.05, 0) is 6.07 Å². The maximum Gasteiger partial charge on any atom is 0.248 e. The first kappa shape index (κ1) is 18.3. The van der Waals surface area contributed by atoms with Gasteiger partial charge in [0.05, 0.1) is 24.8 Å². The Morgan fingerprint density at radius 1 is 1.35 bits per heavy atom. The number of amides is 1. The van der Waals surface area contributed by atoms with Gasteiger partial charge in [0.2, 0.25) is 5.91 Å². The number of carbonyl (C=O) groups excluding carboxylic acids is 1. The highest BCUT2D eigenvalue weighted by atomic mass is 16.5. The number of carbonyl (C=O) groups is 1. The molecule has 0 aromatic carbocycles. The number of hydrogen-bond acceptors (Lipinski definition) is 6. The summed E-state index contributed by atoms with van der Waals surface area (Å²) < 4.78 is 12.2. The van der Waals surface area contributed by atoms with Crippen molar-refractivity contribution < 1.29 is 14.3 Å². The first-order valence-corrected chi connectivity index (χ1v) is 8.57. The van der Waals surface area contributed by atoms with Crippen LogP contribution in [0.5, 0.6) is 5.75 Å². The summed E-state index contributed by atoms with van der Waals surface area (Å²) >= 11 is 0. The Labute approximate surface area is 153 Å². The Bertz CT molecular complexity index is 748. The molecule has 0 saturated carbocycles. The third kappa shape index (κ3) is 4.20. The first-order valence-electron chi connectivity index (χ1n) is 8.57. The van der Waals surface area contributed by atoms with Gasteiger partial charge in [0, 0.05) is 64.2 Å². The zero-order valence-corrected chi connectivity index (χ0v) is 15.4. The first-order chi connectivity index (χ1) is 12.6. The van der Waals surface area contributed by atoms with Crippen molar-refractivity contribution in [2.24, 2.45) is 7.05 Å². The maximum atomic E-state index is 12.2. The van der Waals surface area contributed by atoms with Gasteiger partial charge in [-0.2, -0.15) is 0 Å². The van der Waals surface area contributed by atoms with E-state index in [4.69, 9.17) is 9.47 Å². The van der Waals surface area contributed by atoms with Crippen LogP contribution in [0.3, 0.4) is 0 Å². The standard InChI is InChI=1S/C18H25N5O3/c1-22-9-16(21-12-22)15-8-23(18(24)11-25-2)10-17(15)20-7-13-6-14(26-3)4-5-19-13/h4-6,9,12,15,17,20H,7-8,10-11H2,1-3H3/t15-,17+/m0/s1. The molecule has 2 aromatic rings. The number of likely N-dealkylation sites (tertiary alicyclic amines) is 1. The van der Waals surface area contributed by atoms with E-state index in [9.17, 15) is 4.79 Å². The Morgan fingerprint density at radius 3 is 2.88 bits per heavy atom. The SMILES string of the molecule is COCC(=O)N1C[C@@H](NCc2cc(OC)ccn2)[C@H](c2cn(C)cn2)C1. The fourth-order valence-corrected chi connectivity index (χ4v) is 3.27. The molecule has 0 radical (unpaired) electrons. The molecule has 1 aliphatic rings. The Kier molecular flexibility index (Phi) is 5.85. The number of hydrogen-bond donors (Lipinski definition) is 1. The second-order valence-corrected chi connectivity index (χ2v) is 6.48. The van der Waals surface area contributed by atoms with Crippen LogP contribution in [0.25, 0.3) is 0 Å². The van der Waals surface area contributed by atoms with Crippen LogP contribution in [0, 0.1) is 0 Å². The molecule has 1 saturated heterocycles. The lowest BCUT2D eigenvalue weighted by molar-refractivity contribution is -0.134. The predicted molar refractivity (Wildman–Crippen MR) is 95.8 cm³/mol. The van der Waals surface area contributed by atoms with Gasteiger partial charge < -0.3 is 24.3 Å². The lowest BCUT2D eigenvalue weighted by Gasteiger charge is -2.18. The van der Waals surface area contributed by atoms with Crippen LogP contribution in [0.4, 0.5) is 0 Å². The van der Waals surface area contributed by atoms with Gasteiger partial charge >= 0.3 is 0 Å². The molecule has 1 fully saturated rings. The van der Waals surface area contributed by atoms with Crippen LogP contribution in [-0.4, -0.2) is 65.3 Å². The molecule has 26 heavy (non-hydrogen) atoms. The number of aromatic nitrogens is 3. The summed E-state index contributed by atoms with van der Waals surface area (Å²) in [5.41, 5.74) is 1.88. The highest BCUT2D eigenvalue weighted by Crippen LogP contribution is 2.27. The van der Waals surface area contributed by atoms with Crippen LogP contribution in [0.2, 0.25) is 0 Å². The van der Waals surface area contributed by atoms with E-state index in [0.29, 0.717) is 19.6 Å². The number of methoxy groups -OCH3 is 2. The van der Waals surface area contributed by atoms with E-state index < -0.39 is 0 Å². The second kappa shape index (κ2) is 8.29. The van der Waals surface area contributed by atoms with Gasteiger partial charge in [-0.15, -0.1) is 0 Å². The minimum atomic E-state index is -0.00256. The van der Waals surface area contributed by atoms with Crippen LogP contribution >= 0.6 is 0 Å². The van der Waals surface area contributed by atoms with Gasteiger partial charge in [0.25, 0.3) is 0 Å². The summed E-state index contributed by atoms with van der Waals surface area (Å²) in [4.78, 5) is 22.9. The van der Waals surface area contributed by atoms with Gasteiger partial charge in [0.1, 0.15) is 12.4 Å². The van der Waals surface area contributed by atoms with Gasteiger partial charge in [-0.3, -0.25) is 9.78 Å². The summed E-state index contributed by atoms with van der Waals surface area (Å²) in [6.07, 6.45) is 5.53. The quantitative estimate of drug-likeness (QED) is 0.778. The number of ether oxygens (including phenoxy) is 2. The Morgan fingerprint density at radius 2 is 2.19 bits per heavy atom. The van der Waals surface area contributed by atoms with Crippen molar-refractivity contribution in [1.82, 2.24) is 24.8 Å². The van der Waals surface area contributed by atoms with Gasteiger partial charge in [-0.25, -0.2) is 4.98 Å². The fourth-order valence-electron chi connectivity index (χ4n) is 3.27. The molecule has 0 unspecified atom stereocenters. The number of nitrogens with zero attached hydrogens (tertiary/aromatic N) is 4. The Hall–Kier alpha value is -2.45. The molecule has 2 aromatic heterocycles. The molecule has 0 spiro atoms. The molecule has 140 valence electrons. The predicted octanol–water partition coefficient (Wildman–Crippen LogP) is 0.554. The van der Waals surface area contributed by atoms with Crippen LogP contribution in [0.1, 0.15) is 17.3 Å². The smallest absolute Gasteiger partial charge is 0.248 e. The van der Waals surface area contributed by atoms with E-state index in [-0.39, 0.29) is 24.5 Å². The molecule has 3 heterocycles. The highest BCUT2D eigenvalue weighted by Gasteiger charge is 2.37. The third-order valence-corrected chi connectivity index (χ3v) is 4.61. The topological polar surface area (TPSA) is 81.5 Å². The van der Waals surface area contributed by atoms with E-state index >= 15 is 0 Å². The van der Waals surface area contributed by atoms with E-state index in [1.54, 1.807) is 19.6 Å². The molecular formula is C18H25N5O3. The zero-order valence-electron chi connectivity index (χ0n) is 15.4. The van der Waals surface area contributed by atoms with Crippen molar-refractivity contribution in [3.63, 3.8) is 0 Å². The van der Waals surface area contributed by atoms with Crippen molar-refractivity contribution in [3.8, 4) is 5.75 Å². The maximum absolute atomic E-state index is 12.2. The lowest BCUT2D eigenvalue weighted by atomic mass is 10.0. The molecule has 1 aliphatic heterocycles. The van der Waals surface area contributed by atoms with E-state index in [2.05, 4.69) is 15.3 Å². The fraction of sp³-hybridized carbons (Fsp3) is 0.500. The molecule has 3 rings (SSSR count). The molecular weight excluding hydrogens is 334 g/mol. The summed E-state index contributed by atoms with van der Waals surface area (Å²) in [6.45, 7) is 1.94. The summed E-state index contributed by atoms with van der Waals surface area (Å²) in [7, 11) is 5.12. The summed E-state index contributed by atoms with van der Waals surface area (Å²) in [5, 5.41) is 3.53. The second-order valence-electron chi connectivity index (χ2n) is 6.48. The molecule has 8 heteroatoms. The number of rotatable bonds is 7. The number of imidazole rings is 1. The van der Waals surface area contributed by atoms with Crippen molar-refractivity contribution in [2.45, 2.75) is 18.5 Å². The zero-order chi connectivity index (χ0) is 18.5. The van der Waals surface area contributed by atoms with E-state index in [1.165, 1.54) is 7.11 Å². The van der Waals surface area contributed by atoms with Crippen molar-refractivity contribution in [1.29, 1.82) is 0 Å². The molecule has 0 bridgehead atoms. The number of aryl methyl sites for hydroxylation is 1. The number of pyridine rings is 1. The van der Waals surface area contributed by atoms with Crippen LogP contribution in [0.15, 0.2) is 30.9 Å². The molecule has 2 atom stereocenters. The lowest BCUT2D eigenvalue weighted by Crippen LogP contribution is -2.37. The monoisotopic (exact) mass is 359 g/mol. The molecule has 8 nitrogen and oxygen atoms in total. The van der Waals surface area contributed by atoms with E-state index in [1.807, 2.05) is 34.8 Å². The minimum Gasteiger partial charge on any atom is -0.497 e. The van der Waals surface area contributed by atoms with Crippen LogP contribution in [-0.2, 0) is 23.1 Å². The normalized spacial score (nSPS) is 19.7. The van der Waals surface area contributed by atoms with Gasteiger partial charge in [0.15, 0.2) is 0 Å². The minimum absolute atomic E-state index is 0.00256. The summed E-state index contributed by atoms with van der Waals surface area (Å²) in [6, 6.07) is 3.82. The average Bonchev–Trinajstić information content (AvgIpc) is 3.26. The largest absolute Gasteiger partial charge is 0.497 e. The molecule has 1 N–H and O–H groups in total. The highest BCUT2D eigenvalue weighted by molar-refractivity contribution is 5.78. The van der Waals surface area contributed by atoms with Crippen molar-refractivity contribution in [2.75, 3.05) is 33.9 Å². The average molecular weight is 359 g/mol. The molecule has 1 amide bonds. The van der Waals surface area contributed by atoms with Gasteiger partial charge in [-0.1, -0.05) is 0 Å². The Balaban J connectivity index is 1.71. The van der Waals surface area contributed by atoms with Crippen LogP contribution < -0.4 is 10.1 Å². The summed E-state index contributed by atoms with van der Waals surface area (Å²) in [5.74, 6) is 0.904. The molecule has 0 aliphatic carbocycles. The van der Waals surface area contributed by atoms with Crippen molar-refractivity contribution in [3.05, 3.63) is 42.2 Å². The third-order valence-electron chi connectivity index (χ3n) is 4.61.